The van der Waals surface area contributed by atoms with Crippen molar-refractivity contribution in [2.45, 2.75) is 57.1 Å². The Kier molecular flexibility index (Phi) is 7.33. The van der Waals surface area contributed by atoms with Gasteiger partial charge in [-0.3, -0.25) is 19.9 Å². The Morgan fingerprint density at radius 2 is 1.95 bits per heavy atom. The summed E-state index contributed by atoms with van der Waals surface area (Å²) in [7, 11) is 1.58. The summed E-state index contributed by atoms with van der Waals surface area (Å²) < 4.78 is 20.6. The fourth-order valence-corrected chi connectivity index (χ4v) is 5.47. The standard InChI is InChI=1S/C29H31FN10O2/c1-17-12-24(39-38-17)36-23-13-22-27(32-11-10-31-22)26(37-23)19-6-8-29(42-3,9-7-19)28(41)35-18(2)20-4-5-25(33-14-20)40-16-21(30)15-34-40/h4-5,10-16,18-19H,6-9H2,1-3H3,(H,35,41)(H2,36,37,38,39)/t18-,19?,29?/m0/s1. The molecule has 1 fully saturated rings. The number of hydrogen-bond acceptors (Lipinski definition) is 9. The van der Waals surface area contributed by atoms with Gasteiger partial charge in [-0.05, 0) is 51.2 Å². The van der Waals surface area contributed by atoms with E-state index >= 15 is 0 Å². The number of anilines is 2. The maximum absolute atomic E-state index is 13.6. The van der Waals surface area contributed by atoms with Crippen LogP contribution < -0.4 is 10.6 Å². The summed E-state index contributed by atoms with van der Waals surface area (Å²) in [6.45, 7) is 3.83. The van der Waals surface area contributed by atoms with E-state index in [1.54, 1.807) is 31.8 Å². The number of ether oxygens (including phenoxy) is 1. The van der Waals surface area contributed by atoms with Crippen molar-refractivity contribution in [3.63, 3.8) is 0 Å². The minimum atomic E-state index is -0.964. The zero-order valence-corrected chi connectivity index (χ0v) is 23.5. The highest BCUT2D eigenvalue weighted by Gasteiger charge is 2.43. The highest BCUT2D eigenvalue weighted by molar-refractivity contribution is 5.86. The number of nitrogens with one attached hydrogen (secondary N) is 3. The lowest BCUT2D eigenvalue weighted by Gasteiger charge is -2.38. The molecule has 5 aromatic heterocycles. The van der Waals surface area contributed by atoms with E-state index in [0.29, 0.717) is 43.1 Å². The average Bonchev–Trinajstić information content (AvgIpc) is 3.64. The predicted molar refractivity (Wildman–Crippen MR) is 153 cm³/mol. The summed E-state index contributed by atoms with van der Waals surface area (Å²) in [6.07, 6.45) is 9.79. The fourth-order valence-electron chi connectivity index (χ4n) is 5.47. The lowest BCUT2D eigenvalue weighted by molar-refractivity contribution is -0.148. The fraction of sp³-hybridized carbons (Fsp3) is 0.345. The number of carbonyl (C=O) groups excluding carboxylic acids is 1. The van der Waals surface area contributed by atoms with Crippen molar-refractivity contribution in [1.29, 1.82) is 0 Å². The van der Waals surface area contributed by atoms with Crippen LogP contribution in [0.1, 0.15) is 61.5 Å². The molecule has 0 saturated heterocycles. The number of aromatic nitrogens is 8. The number of carbonyl (C=O) groups is 1. The second-order valence-corrected chi connectivity index (χ2v) is 10.6. The Labute approximate surface area is 241 Å². The number of hydrogen-bond donors (Lipinski definition) is 3. The topological polar surface area (TPSA) is 148 Å². The SMILES string of the molecule is COC1(C(=O)N[C@@H](C)c2ccc(-n3cc(F)cn3)nc2)CCC(c2nc(Nc3cc(C)[nH]n3)cc3nccnc23)CC1. The number of amides is 1. The Morgan fingerprint density at radius 3 is 2.62 bits per heavy atom. The van der Waals surface area contributed by atoms with Gasteiger partial charge in [-0.15, -0.1) is 0 Å². The molecule has 5 aromatic rings. The smallest absolute Gasteiger partial charge is 0.252 e. The van der Waals surface area contributed by atoms with E-state index in [1.165, 1.54) is 10.9 Å². The first kappa shape index (κ1) is 27.4. The summed E-state index contributed by atoms with van der Waals surface area (Å²) in [6, 6.07) is 7.03. The third-order valence-electron chi connectivity index (χ3n) is 7.83. The van der Waals surface area contributed by atoms with Crippen molar-refractivity contribution in [3.05, 3.63) is 78.0 Å². The van der Waals surface area contributed by atoms with Gasteiger partial charge in [0, 0.05) is 49.4 Å². The first-order chi connectivity index (χ1) is 20.3. The molecule has 5 heterocycles. The van der Waals surface area contributed by atoms with Gasteiger partial charge in [-0.25, -0.2) is 19.0 Å². The van der Waals surface area contributed by atoms with Gasteiger partial charge in [0.25, 0.3) is 5.91 Å². The van der Waals surface area contributed by atoms with Gasteiger partial charge < -0.3 is 15.4 Å². The van der Waals surface area contributed by atoms with Gasteiger partial charge >= 0.3 is 0 Å². The van der Waals surface area contributed by atoms with Crippen LogP contribution in [0.2, 0.25) is 0 Å². The number of methoxy groups -OCH3 is 1. The van der Waals surface area contributed by atoms with Crippen LogP contribution in [0.4, 0.5) is 16.0 Å². The molecule has 13 heteroatoms. The first-order valence-corrected chi connectivity index (χ1v) is 13.8. The molecule has 1 aliphatic carbocycles. The van der Waals surface area contributed by atoms with Crippen LogP contribution in [-0.2, 0) is 9.53 Å². The molecular formula is C29H31FN10O2. The first-order valence-electron chi connectivity index (χ1n) is 13.8. The number of H-pyrrole nitrogens is 1. The van der Waals surface area contributed by atoms with Crippen LogP contribution in [0.5, 0.6) is 0 Å². The summed E-state index contributed by atoms with van der Waals surface area (Å²) in [5, 5.41) is 17.5. The van der Waals surface area contributed by atoms with Crippen molar-refractivity contribution in [3.8, 4) is 5.82 Å². The number of halogens is 1. The molecule has 1 amide bonds. The maximum Gasteiger partial charge on any atom is 0.252 e. The summed E-state index contributed by atoms with van der Waals surface area (Å²) in [5.41, 5.74) is 3.12. The second-order valence-electron chi connectivity index (χ2n) is 10.6. The highest BCUT2D eigenvalue weighted by atomic mass is 19.1. The van der Waals surface area contributed by atoms with Crippen LogP contribution in [0.3, 0.4) is 0 Å². The second kappa shape index (κ2) is 11.2. The Morgan fingerprint density at radius 1 is 1.14 bits per heavy atom. The molecule has 0 aliphatic heterocycles. The molecule has 1 aliphatic rings. The molecule has 42 heavy (non-hydrogen) atoms. The summed E-state index contributed by atoms with van der Waals surface area (Å²) >= 11 is 0. The van der Waals surface area contributed by atoms with Gasteiger partial charge in [-0.1, -0.05) is 6.07 Å². The van der Waals surface area contributed by atoms with E-state index in [9.17, 15) is 9.18 Å². The third-order valence-corrected chi connectivity index (χ3v) is 7.83. The molecular weight excluding hydrogens is 539 g/mol. The molecule has 0 radical (unpaired) electrons. The van der Waals surface area contributed by atoms with E-state index in [-0.39, 0.29) is 17.9 Å². The molecule has 1 saturated carbocycles. The van der Waals surface area contributed by atoms with E-state index in [2.05, 4.69) is 40.9 Å². The van der Waals surface area contributed by atoms with Crippen molar-refractivity contribution >= 4 is 28.6 Å². The average molecular weight is 571 g/mol. The predicted octanol–water partition coefficient (Wildman–Crippen LogP) is 4.44. The molecule has 216 valence electrons. The Hall–Kier alpha value is -4.78. The molecule has 0 spiro atoms. The van der Waals surface area contributed by atoms with Gasteiger partial charge in [0.1, 0.15) is 16.9 Å². The lowest BCUT2D eigenvalue weighted by atomic mass is 9.76. The Bertz CT molecular complexity index is 1710. The lowest BCUT2D eigenvalue weighted by Crippen LogP contribution is -2.50. The van der Waals surface area contributed by atoms with Crippen LogP contribution in [0, 0.1) is 12.7 Å². The number of fused-ring (bicyclic) bond motifs is 1. The van der Waals surface area contributed by atoms with Gasteiger partial charge in [0.05, 0.1) is 29.6 Å². The molecule has 1 atom stereocenters. The molecule has 12 nitrogen and oxygen atoms in total. The van der Waals surface area contributed by atoms with Crippen LogP contribution in [0.15, 0.2) is 55.2 Å². The van der Waals surface area contributed by atoms with Gasteiger partial charge in [0.2, 0.25) is 0 Å². The van der Waals surface area contributed by atoms with Crippen molar-refractivity contribution in [1.82, 2.24) is 45.2 Å². The van der Waals surface area contributed by atoms with Crippen molar-refractivity contribution < 1.29 is 13.9 Å². The number of nitrogens with zero attached hydrogens (tertiary/aromatic N) is 7. The van der Waals surface area contributed by atoms with Crippen LogP contribution >= 0.6 is 0 Å². The minimum absolute atomic E-state index is 0.0734. The quantitative estimate of drug-likeness (QED) is 0.246. The molecule has 3 N–H and O–H groups in total. The summed E-state index contributed by atoms with van der Waals surface area (Å²) in [5.74, 6) is 1.25. The minimum Gasteiger partial charge on any atom is -0.368 e. The zero-order valence-electron chi connectivity index (χ0n) is 23.5. The van der Waals surface area contributed by atoms with E-state index in [1.807, 2.05) is 32.0 Å². The number of rotatable bonds is 8. The van der Waals surface area contributed by atoms with Gasteiger partial charge in [-0.2, -0.15) is 10.2 Å². The van der Waals surface area contributed by atoms with Crippen LogP contribution in [0.25, 0.3) is 16.9 Å². The van der Waals surface area contributed by atoms with Crippen molar-refractivity contribution in [2.24, 2.45) is 0 Å². The van der Waals surface area contributed by atoms with Gasteiger partial charge in [0.15, 0.2) is 17.5 Å². The molecule has 0 aromatic carbocycles. The van der Waals surface area contributed by atoms with E-state index < -0.39 is 11.4 Å². The third kappa shape index (κ3) is 5.42. The summed E-state index contributed by atoms with van der Waals surface area (Å²) in [4.78, 5) is 32.0. The number of aromatic amines is 1. The highest BCUT2D eigenvalue weighted by Crippen LogP contribution is 2.41. The normalized spacial score (nSPS) is 19.5. The monoisotopic (exact) mass is 570 g/mol. The number of aryl methyl sites for hydroxylation is 1. The largest absolute Gasteiger partial charge is 0.368 e. The molecule has 0 unspecified atom stereocenters. The van der Waals surface area contributed by atoms with E-state index in [0.717, 1.165) is 34.2 Å². The number of pyridine rings is 2. The van der Waals surface area contributed by atoms with Crippen LogP contribution in [-0.4, -0.2) is 58.5 Å². The zero-order chi connectivity index (χ0) is 29.3. The Balaban J connectivity index is 1.16. The molecule has 0 bridgehead atoms. The maximum atomic E-state index is 13.6. The van der Waals surface area contributed by atoms with E-state index in [4.69, 9.17) is 9.72 Å². The molecule has 6 rings (SSSR count). The van der Waals surface area contributed by atoms with Crippen molar-refractivity contribution in [2.75, 3.05) is 12.4 Å².